The van der Waals surface area contributed by atoms with Gasteiger partial charge in [-0.2, -0.15) is 13.2 Å². The highest BCUT2D eigenvalue weighted by molar-refractivity contribution is 5.94. The molecule has 1 rings (SSSR count). The van der Waals surface area contributed by atoms with E-state index in [2.05, 4.69) is 11.9 Å². The minimum Gasteiger partial charge on any atom is -0.461 e. The smallest absolute Gasteiger partial charge is 0.416 e. The Hall–Kier alpha value is -2.35. The maximum absolute atomic E-state index is 12.6. The number of benzene rings is 1. The average molecular weight is 372 g/mol. The normalized spacial score (nSPS) is 12.6. The van der Waals surface area contributed by atoms with Gasteiger partial charge < -0.3 is 15.0 Å². The van der Waals surface area contributed by atoms with Gasteiger partial charge in [-0.1, -0.05) is 18.7 Å². The topological polar surface area (TPSA) is 58.6 Å². The number of ether oxygens (including phenoxy) is 1. The van der Waals surface area contributed by atoms with Gasteiger partial charge in [0.25, 0.3) is 0 Å². The molecule has 0 aromatic heterocycles. The maximum atomic E-state index is 12.6. The monoisotopic (exact) mass is 372 g/mol. The molecule has 26 heavy (non-hydrogen) atoms. The van der Waals surface area contributed by atoms with E-state index >= 15 is 0 Å². The summed E-state index contributed by atoms with van der Waals surface area (Å²) in [6.07, 6.45) is -4.65. The predicted molar refractivity (Wildman–Crippen MR) is 91.3 cm³/mol. The third-order valence-corrected chi connectivity index (χ3v) is 3.55. The first kappa shape index (κ1) is 21.7. The van der Waals surface area contributed by atoms with Gasteiger partial charge in [-0.05, 0) is 38.7 Å². The van der Waals surface area contributed by atoms with Gasteiger partial charge >= 0.3 is 12.1 Å². The molecule has 1 atom stereocenters. The predicted octanol–water partition coefficient (Wildman–Crippen LogP) is 2.93. The molecule has 0 aliphatic rings. The molecule has 0 radical (unpaired) electrons. The summed E-state index contributed by atoms with van der Waals surface area (Å²) in [6.45, 7) is 5.92. The number of rotatable bonds is 8. The molecule has 8 heteroatoms. The Labute approximate surface area is 150 Å². The van der Waals surface area contributed by atoms with Crippen LogP contribution in [0.15, 0.2) is 36.4 Å². The molecule has 144 valence electrons. The fourth-order valence-electron chi connectivity index (χ4n) is 2.03. The van der Waals surface area contributed by atoms with Crippen LogP contribution in [0, 0.1) is 0 Å². The van der Waals surface area contributed by atoms with Crippen molar-refractivity contribution in [2.75, 3.05) is 27.2 Å². The minimum atomic E-state index is -4.41. The lowest BCUT2D eigenvalue weighted by Gasteiger charge is -2.16. The van der Waals surface area contributed by atoms with Crippen molar-refractivity contribution in [2.24, 2.45) is 0 Å². The van der Waals surface area contributed by atoms with Crippen molar-refractivity contribution in [2.45, 2.75) is 25.6 Å². The largest absolute Gasteiger partial charge is 0.461 e. The molecule has 0 aliphatic carbocycles. The zero-order valence-electron chi connectivity index (χ0n) is 15.0. The molecule has 5 nitrogen and oxygen atoms in total. The van der Waals surface area contributed by atoms with Gasteiger partial charge in [0.05, 0.1) is 18.0 Å². The third kappa shape index (κ3) is 7.26. The molecule has 0 aliphatic heterocycles. The highest BCUT2D eigenvalue weighted by Crippen LogP contribution is 2.29. The van der Waals surface area contributed by atoms with Crippen LogP contribution in [0.25, 0.3) is 0 Å². The molecule has 1 amide bonds. The van der Waals surface area contributed by atoms with Gasteiger partial charge in [-0.25, -0.2) is 4.79 Å². The van der Waals surface area contributed by atoms with Gasteiger partial charge in [0, 0.05) is 12.1 Å². The number of carbonyl (C=O) groups is 2. The van der Waals surface area contributed by atoms with Gasteiger partial charge in [0.1, 0.15) is 6.61 Å². The Bertz CT molecular complexity index is 640. The van der Waals surface area contributed by atoms with E-state index in [1.807, 2.05) is 19.0 Å². The number of halogens is 3. The van der Waals surface area contributed by atoms with Crippen LogP contribution in [0.4, 0.5) is 13.2 Å². The molecule has 0 fully saturated rings. The van der Waals surface area contributed by atoms with Gasteiger partial charge in [0.15, 0.2) is 0 Å². The molecule has 0 saturated heterocycles. The number of carbonyl (C=O) groups excluding carboxylic acids is 2. The third-order valence-electron chi connectivity index (χ3n) is 3.55. The van der Waals surface area contributed by atoms with Crippen LogP contribution in [0.5, 0.6) is 0 Å². The van der Waals surface area contributed by atoms with Crippen LogP contribution < -0.4 is 5.32 Å². The molecular weight excluding hydrogens is 349 g/mol. The number of alkyl halides is 3. The van der Waals surface area contributed by atoms with E-state index in [4.69, 9.17) is 4.74 Å². The van der Waals surface area contributed by atoms with E-state index in [1.165, 1.54) is 12.1 Å². The van der Waals surface area contributed by atoms with E-state index in [-0.39, 0.29) is 18.6 Å². The van der Waals surface area contributed by atoms with E-state index in [1.54, 1.807) is 6.92 Å². The molecule has 0 unspecified atom stereocenters. The van der Waals surface area contributed by atoms with E-state index in [0.29, 0.717) is 12.1 Å². The molecule has 1 aromatic rings. The van der Waals surface area contributed by atoms with Crippen LogP contribution in [0.3, 0.4) is 0 Å². The fourth-order valence-corrected chi connectivity index (χ4v) is 2.03. The summed E-state index contributed by atoms with van der Waals surface area (Å²) in [6, 6.07) is 4.01. The zero-order valence-corrected chi connectivity index (χ0v) is 15.0. The Morgan fingerprint density at radius 1 is 1.23 bits per heavy atom. The summed E-state index contributed by atoms with van der Waals surface area (Å²) in [5, 5.41) is 2.62. The van der Waals surface area contributed by atoms with Gasteiger partial charge in [0.2, 0.25) is 5.91 Å². The first-order valence-electron chi connectivity index (χ1n) is 7.97. The first-order chi connectivity index (χ1) is 12.0. The van der Waals surface area contributed by atoms with Crippen LogP contribution >= 0.6 is 0 Å². The van der Waals surface area contributed by atoms with Crippen LogP contribution in [-0.2, 0) is 20.5 Å². The Morgan fingerprint density at radius 2 is 1.81 bits per heavy atom. The lowest BCUT2D eigenvalue weighted by atomic mass is 10.1. The Balaban J connectivity index is 2.51. The van der Waals surface area contributed by atoms with Crippen molar-refractivity contribution in [3.63, 3.8) is 0 Å². The number of hydrogen-bond acceptors (Lipinski definition) is 4. The van der Waals surface area contributed by atoms with Gasteiger partial charge in [-0.15, -0.1) is 0 Å². The summed E-state index contributed by atoms with van der Waals surface area (Å²) in [5.41, 5.74) is -0.222. The Kier molecular flexibility index (Phi) is 7.82. The zero-order chi connectivity index (χ0) is 19.9. The summed E-state index contributed by atoms with van der Waals surface area (Å²) >= 11 is 0. The number of likely N-dealkylation sites (N-methyl/N-ethyl adjacent to an activating group) is 1. The summed E-state index contributed by atoms with van der Waals surface area (Å²) in [4.78, 5) is 25.5. The van der Waals surface area contributed by atoms with E-state index in [0.717, 1.165) is 12.1 Å². The van der Waals surface area contributed by atoms with E-state index < -0.39 is 29.7 Å². The molecular formula is C18H23F3N2O3. The number of nitrogens with zero attached hydrogens (tertiary/aromatic N) is 1. The summed E-state index contributed by atoms with van der Waals surface area (Å²) in [7, 11) is 3.66. The maximum Gasteiger partial charge on any atom is 0.416 e. The standard InChI is InChI=1S/C18H23F3N2O3/c1-12(17(25)26-10-9-23(3)4)11-16(24)22-13(2)14-5-7-15(8-6-14)18(19,20)21/h5-8,13H,1,9-11H2,2-4H3,(H,22,24)/t13-/m0/s1. The second kappa shape index (κ2) is 9.38. The lowest BCUT2D eigenvalue weighted by Crippen LogP contribution is -2.28. The van der Waals surface area contributed by atoms with Crippen molar-refractivity contribution in [1.82, 2.24) is 10.2 Å². The number of amides is 1. The summed E-state index contributed by atoms with van der Waals surface area (Å²) in [5.74, 6) is -1.11. The van der Waals surface area contributed by atoms with Crippen molar-refractivity contribution in [3.05, 3.63) is 47.5 Å². The molecule has 0 spiro atoms. The highest BCUT2D eigenvalue weighted by atomic mass is 19.4. The van der Waals surface area contributed by atoms with Gasteiger partial charge in [-0.3, -0.25) is 4.79 Å². The SMILES string of the molecule is C=C(CC(=O)N[C@@H](C)c1ccc(C(F)(F)F)cc1)C(=O)OCCN(C)C. The molecule has 1 N–H and O–H groups in total. The van der Waals surface area contributed by atoms with Crippen LogP contribution in [-0.4, -0.2) is 44.0 Å². The quantitative estimate of drug-likeness (QED) is 0.563. The highest BCUT2D eigenvalue weighted by Gasteiger charge is 2.30. The molecule has 0 bridgehead atoms. The number of nitrogens with one attached hydrogen (secondary N) is 1. The van der Waals surface area contributed by atoms with Crippen LogP contribution in [0.1, 0.15) is 30.5 Å². The first-order valence-corrected chi connectivity index (χ1v) is 7.97. The minimum absolute atomic E-state index is 0.0147. The van der Waals surface area contributed by atoms with Crippen LogP contribution in [0.2, 0.25) is 0 Å². The molecule has 1 aromatic carbocycles. The van der Waals surface area contributed by atoms with Crippen molar-refractivity contribution in [1.29, 1.82) is 0 Å². The fraction of sp³-hybridized carbons (Fsp3) is 0.444. The molecule has 0 heterocycles. The number of hydrogen-bond donors (Lipinski definition) is 1. The summed E-state index contributed by atoms with van der Waals surface area (Å²) < 4.78 is 42.7. The average Bonchev–Trinajstić information content (AvgIpc) is 2.53. The van der Waals surface area contributed by atoms with Crippen molar-refractivity contribution in [3.8, 4) is 0 Å². The number of esters is 1. The van der Waals surface area contributed by atoms with E-state index in [9.17, 15) is 22.8 Å². The second-order valence-corrected chi connectivity index (χ2v) is 6.13. The molecule has 0 saturated carbocycles. The van der Waals surface area contributed by atoms with Crippen molar-refractivity contribution < 1.29 is 27.5 Å². The lowest BCUT2D eigenvalue weighted by molar-refractivity contribution is -0.140. The second-order valence-electron chi connectivity index (χ2n) is 6.13. The Morgan fingerprint density at radius 3 is 2.31 bits per heavy atom. The van der Waals surface area contributed by atoms with Crippen molar-refractivity contribution >= 4 is 11.9 Å².